The highest BCUT2D eigenvalue weighted by Crippen LogP contribution is 2.16. The second-order valence-electron chi connectivity index (χ2n) is 18.9. The van der Waals surface area contributed by atoms with E-state index < -0.39 is 12.1 Å². The summed E-state index contributed by atoms with van der Waals surface area (Å²) in [5.74, 6) is -0.0750. The monoisotopic (exact) mass is 874 g/mol. The number of ether oxygens (including phenoxy) is 1. The van der Waals surface area contributed by atoms with Gasteiger partial charge in [-0.25, -0.2) is 0 Å². The quantitative estimate of drug-likeness (QED) is 0.0321. The van der Waals surface area contributed by atoms with Gasteiger partial charge in [0, 0.05) is 12.8 Å². The first-order valence-electron chi connectivity index (χ1n) is 27.6. The van der Waals surface area contributed by atoms with Crippen molar-refractivity contribution < 1.29 is 24.5 Å². The van der Waals surface area contributed by atoms with Crippen LogP contribution in [0.15, 0.2) is 24.3 Å². The number of carbonyl (C=O) groups is 2. The Hall–Kier alpha value is -1.66. The van der Waals surface area contributed by atoms with Gasteiger partial charge in [0.25, 0.3) is 0 Å². The molecule has 3 N–H and O–H groups in total. The molecular formula is C56H107NO5. The molecule has 0 aromatic carbocycles. The third-order valence-electron chi connectivity index (χ3n) is 12.7. The van der Waals surface area contributed by atoms with Crippen molar-refractivity contribution in [3.8, 4) is 0 Å². The van der Waals surface area contributed by atoms with Crippen LogP contribution in [0.1, 0.15) is 296 Å². The van der Waals surface area contributed by atoms with Crippen LogP contribution >= 0.6 is 0 Å². The molecule has 0 saturated carbocycles. The van der Waals surface area contributed by atoms with Crippen molar-refractivity contribution in [1.29, 1.82) is 0 Å². The summed E-state index contributed by atoms with van der Waals surface area (Å²) in [6.07, 6.45) is 61.9. The average molecular weight is 874 g/mol. The molecule has 0 fully saturated rings. The van der Waals surface area contributed by atoms with E-state index in [0.29, 0.717) is 19.4 Å². The number of allylic oxidation sites excluding steroid dienone is 3. The van der Waals surface area contributed by atoms with Gasteiger partial charge in [0.15, 0.2) is 0 Å². The number of hydrogen-bond acceptors (Lipinski definition) is 5. The Balaban J connectivity index is 3.40. The van der Waals surface area contributed by atoms with Crippen molar-refractivity contribution in [1.82, 2.24) is 5.32 Å². The molecule has 0 rings (SSSR count). The molecule has 2 unspecified atom stereocenters. The average Bonchev–Trinajstić information content (AvgIpc) is 3.27. The third kappa shape index (κ3) is 47.8. The molecule has 6 heteroatoms. The number of amides is 1. The fourth-order valence-electron chi connectivity index (χ4n) is 8.45. The smallest absolute Gasteiger partial charge is 0.305 e. The van der Waals surface area contributed by atoms with Crippen molar-refractivity contribution in [3.05, 3.63) is 24.3 Å². The van der Waals surface area contributed by atoms with Gasteiger partial charge in [-0.05, 0) is 57.8 Å². The number of esters is 1. The number of carbonyl (C=O) groups excluding carboxylic acids is 2. The molecule has 0 bridgehead atoms. The summed E-state index contributed by atoms with van der Waals surface area (Å²) >= 11 is 0. The second kappa shape index (κ2) is 52.0. The number of rotatable bonds is 51. The molecule has 0 radical (unpaired) electrons. The topological polar surface area (TPSA) is 95.9 Å². The number of unbranched alkanes of at least 4 members (excludes halogenated alkanes) is 38. The molecule has 0 spiro atoms. The summed E-state index contributed by atoms with van der Waals surface area (Å²) in [5.41, 5.74) is 0. The summed E-state index contributed by atoms with van der Waals surface area (Å²) in [4.78, 5) is 24.5. The van der Waals surface area contributed by atoms with Gasteiger partial charge in [-0.3, -0.25) is 9.59 Å². The van der Waals surface area contributed by atoms with Crippen LogP contribution in [0, 0.1) is 0 Å². The molecule has 0 aliphatic heterocycles. The Kier molecular flexibility index (Phi) is 50.6. The molecule has 2 atom stereocenters. The fraction of sp³-hybridized carbons (Fsp3) is 0.893. The van der Waals surface area contributed by atoms with Crippen molar-refractivity contribution in [2.75, 3.05) is 13.2 Å². The zero-order valence-corrected chi connectivity index (χ0v) is 41.6. The maximum atomic E-state index is 12.4. The lowest BCUT2D eigenvalue weighted by Gasteiger charge is -2.20. The minimum atomic E-state index is -0.847. The Labute approximate surface area is 386 Å². The Morgan fingerprint density at radius 1 is 0.435 bits per heavy atom. The molecule has 62 heavy (non-hydrogen) atoms. The predicted molar refractivity (Wildman–Crippen MR) is 269 cm³/mol. The highest BCUT2D eigenvalue weighted by molar-refractivity contribution is 5.76. The van der Waals surface area contributed by atoms with Crippen LogP contribution in [0.3, 0.4) is 0 Å². The van der Waals surface area contributed by atoms with E-state index in [1.54, 1.807) is 6.08 Å². The van der Waals surface area contributed by atoms with Crippen LogP contribution < -0.4 is 5.32 Å². The van der Waals surface area contributed by atoms with E-state index in [1.807, 2.05) is 6.08 Å². The third-order valence-corrected chi connectivity index (χ3v) is 12.7. The summed E-state index contributed by atoms with van der Waals surface area (Å²) in [5, 5.41) is 22.9. The molecule has 366 valence electrons. The van der Waals surface area contributed by atoms with Crippen LogP contribution in [-0.4, -0.2) is 47.4 Å². The number of aliphatic hydroxyl groups excluding tert-OH is 2. The second-order valence-corrected chi connectivity index (χ2v) is 18.9. The highest BCUT2D eigenvalue weighted by Gasteiger charge is 2.18. The van der Waals surface area contributed by atoms with E-state index in [9.17, 15) is 19.8 Å². The molecule has 1 amide bonds. The lowest BCUT2D eigenvalue weighted by molar-refractivity contribution is -0.143. The zero-order valence-electron chi connectivity index (χ0n) is 41.6. The summed E-state index contributed by atoms with van der Waals surface area (Å²) in [6.45, 7) is 4.87. The minimum absolute atomic E-state index is 0.00143. The van der Waals surface area contributed by atoms with E-state index in [1.165, 1.54) is 225 Å². The molecular weight excluding hydrogens is 767 g/mol. The molecule has 0 heterocycles. The highest BCUT2D eigenvalue weighted by atomic mass is 16.5. The number of nitrogens with one attached hydrogen (secondary N) is 1. The summed E-state index contributed by atoms with van der Waals surface area (Å²) < 4.78 is 5.49. The number of aliphatic hydroxyl groups is 2. The van der Waals surface area contributed by atoms with E-state index in [0.717, 1.165) is 44.9 Å². The summed E-state index contributed by atoms with van der Waals surface area (Å²) in [6, 6.07) is -0.631. The molecule has 0 saturated heterocycles. The van der Waals surface area contributed by atoms with Crippen LogP contribution in [0.5, 0.6) is 0 Å². The summed E-state index contributed by atoms with van der Waals surface area (Å²) in [7, 11) is 0. The van der Waals surface area contributed by atoms with Crippen molar-refractivity contribution in [3.63, 3.8) is 0 Å². The molecule has 0 aliphatic carbocycles. The standard InChI is InChI=1S/C56H107NO5/c1-3-5-7-9-11-13-15-16-17-18-19-20-24-27-30-34-38-42-46-50-56(61)62-51-47-43-39-35-31-28-25-22-21-23-26-29-33-37-41-45-49-55(60)57-53(52-58)54(59)48-44-40-36-32-14-12-10-8-6-4-2/h16-17,44,48,53-54,58-59H,3-15,18-43,45-47,49-52H2,1-2H3,(H,57,60)/b17-16-,48-44+. The van der Waals surface area contributed by atoms with Crippen molar-refractivity contribution in [2.24, 2.45) is 0 Å². The largest absolute Gasteiger partial charge is 0.466 e. The van der Waals surface area contributed by atoms with Crippen LogP contribution in [0.2, 0.25) is 0 Å². The van der Waals surface area contributed by atoms with Gasteiger partial charge < -0.3 is 20.3 Å². The first-order chi connectivity index (χ1) is 30.5. The first kappa shape index (κ1) is 60.3. The van der Waals surface area contributed by atoms with Crippen molar-refractivity contribution in [2.45, 2.75) is 309 Å². The van der Waals surface area contributed by atoms with Crippen LogP contribution in [0.4, 0.5) is 0 Å². The number of hydrogen-bond donors (Lipinski definition) is 3. The Bertz CT molecular complexity index is 966. The van der Waals surface area contributed by atoms with Gasteiger partial charge in [0.2, 0.25) is 5.91 Å². The van der Waals surface area contributed by atoms with E-state index in [2.05, 4.69) is 31.3 Å². The zero-order chi connectivity index (χ0) is 45.1. The Morgan fingerprint density at radius 2 is 0.758 bits per heavy atom. The van der Waals surface area contributed by atoms with Gasteiger partial charge in [-0.15, -0.1) is 0 Å². The van der Waals surface area contributed by atoms with Crippen LogP contribution in [0.25, 0.3) is 0 Å². The van der Waals surface area contributed by atoms with E-state index in [4.69, 9.17) is 4.74 Å². The predicted octanol–water partition coefficient (Wildman–Crippen LogP) is 16.7. The lowest BCUT2D eigenvalue weighted by Crippen LogP contribution is -2.45. The molecule has 0 aromatic rings. The fourth-order valence-corrected chi connectivity index (χ4v) is 8.45. The molecule has 0 aromatic heterocycles. The Morgan fingerprint density at radius 3 is 1.15 bits per heavy atom. The lowest BCUT2D eigenvalue weighted by atomic mass is 10.0. The van der Waals surface area contributed by atoms with Gasteiger partial charge >= 0.3 is 5.97 Å². The van der Waals surface area contributed by atoms with Gasteiger partial charge in [0.1, 0.15) is 0 Å². The van der Waals surface area contributed by atoms with Gasteiger partial charge in [-0.2, -0.15) is 0 Å². The molecule has 0 aliphatic rings. The molecule has 6 nitrogen and oxygen atoms in total. The van der Waals surface area contributed by atoms with E-state index in [-0.39, 0.29) is 18.5 Å². The van der Waals surface area contributed by atoms with Gasteiger partial charge in [-0.1, -0.05) is 250 Å². The first-order valence-corrected chi connectivity index (χ1v) is 27.6. The normalized spacial score (nSPS) is 12.8. The minimum Gasteiger partial charge on any atom is -0.466 e. The van der Waals surface area contributed by atoms with Crippen molar-refractivity contribution >= 4 is 11.9 Å². The maximum Gasteiger partial charge on any atom is 0.305 e. The SMILES string of the molecule is CCCCCCCC/C=C\CCCCCCCCCCCC(=O)OCCCCCCCCCCCCCCCCCCC(=O)NC(CO)C(O)/C=C/CCCCCCCCCC. The van der Waals surface area contributed by atoms with E-state index >= 15 is 0 Å². The van der Waals surface area contributed by atoms with Gasteiger partial charge in [0.05, 0.1) is 25.4 Å². The van der Waals surface area contributed by atoms with Crippen LogP contribution in [-0.2, 0) is 14.3 Å². The maximum absolute atomic E-state index is 12.4.